The Balaban J connectivity index is 1.86. The number of anilines is 1. The number of hydrogen-bond donors (Lipinski definition) is 1. The Bertz CT molecular complexity index is 861. The van der Waals surface area contributed by atoms with Crippen molar-refractivity contribution < 1.29 is 19.4 Å². The summed E-state index contributed by atoms with van der Waals surface area (Å²) in [4.78, 5) is 29.4. The molecule has 1 N–H and O–H groups in total. The maximum atomic E-state index is 12.5. The standard InChI is InChI=1S/C18H16N2O4S/c1-12(16(21)22)20(17-19-14-9-5-6-10-15(14)25-17)18(23)24-11-13-7-3-2-4-8-13/h2-10,12H,11H2,1H3,(H,21,22). The van der Waals surface area contributed by atoms with E-state index in [4.69, 9.17) is 4.74 Å². The molecular formula is C18H16N2O4S. The summed E-state index contributed by atoms with van der Waals surface area (Å²) >= 11 is 1.25. The van der Waals surface area contributed by atoms with Crippen LogP contribution < -0.4 is 4.90 Å². The molecule has 7 heteroatoms. The molecule has 0 aliphatic rings. The normalized spacial score (nSPS) is 11.9. The zero-order valence-corrected chi connectivity index (χ0v) is 14.3. The van der Waals surface area contributed by atoms with Crippen LogP contribution in [0.4, 0.5) is 9.93 Å². The second-order valence-corrected chi connectivity index (χ2v) is 6.40. The van der Waals surface area contributed by atoms with Crippen molar-refractivity contribution in [1.82, 2.24) is 4.98 Å². The Kier molecular flexibility index (Phi) is 4.95. The lowest BCUT2D eigenvalue weighted by Crippen LogP contribution is -2.43. The first kappa shape index (κ1) is 16.9. The minimum Gasteiger partial charge on any atom is -0.480 e. The smallest absolute Gasteiger partial charge is 0.417 e. The fraction of sp³-hybridized carbons (Fsp3) is 0.167. The number of hydrogen-bond acceptors (Lipinski definition) is 5. The van der Waals surface area contributed by atoms with Crippen molar-refractivity contribution in [2.45, 2.75) is 19.6 Å². The summed E-state index contributed by atoms with van der Waals surface area (Å²) < 4.78 is 6.17. The maximum absolute atomic E-state index is 12.5. The first-order valence-electron chi connectivity index (χ1n) is 7.64. The lowest BCUT2D eigenvalue weighted by molar-refractivity contribution is -0.138. The van der Waals surface area contributed by atoms with Crippen molar-refractivity contribution in [2.75, 3.05) is 4.90 Å². The number of carbonyl (C=O) groups is 2. The minimum atomic E-state index is -1.13. The SMILES string of the molecule is CC(C(=O)O)N(C(=O)OCc1ccccc1)c1nc2ccccc2s1. The quantitative estimate of drug-likeness (QED) is 0.750. The van der Waals surface area contributed by atoms with E-state index in [0.29, 0.717) is 10.6 Å². The van der Waals surface area contributed by atoms with E-state index in [2.05, 4.69) is 4.98 Å². The number of aromatic nitrogens is 1. The van der Waals surface area contributed by atoms with Crippen LogP contribution in [-0.2, 0) is 16.1 Å². The van der Waals surface area contributed by atoms with Gasteiger partial charge in [0.15, 0.2) is 5.13 Å². The average molecular weight is 356 g/mol. The average Bonchev–Trinajstić information content (AvgIpc) is 3.04. The third kappa shape index (κ3) is 3.77. The molecule has 0 bridgehead atoms. The largest absolute Gasteiger partial charge is 0.480 e. The number of amides is 1. The van der Waals surface area contributed by atoms with Gasteiger partial charge < -0.3 is 9.84 Å². The number of benzene rings is 2. The molecule has 0 spiro atoms. The van der Waals surface area contributed by atoms with E-state index in [0.717, 1.165) is 15.2 Å². The Morgan fingerprint density at radius 2 is 1.84 bits per heavy atom. The number of carbonyl (C=O) groups excluding carboxylic acids is 1. The number of carboxylic acid groups (broad SMARTS) is 1. The number of thiazole rings is 1. The zero-order valence-electron chi connectivity index (χ0n) is 13.5. The molecule has 1 atom stereocenters. The van der Waals surface area contributed by atoms with Crippen LogP contribution in [-0.4, -0.2) is 28.2 Å². The van der Waals surface area contributed by atoms with Gasteiger partial charge in [-0.05, 0) is 24.6 Å². The van der Waals surface area contributed by atoms with E-state index in [1.165, 1.54) is 18.3 Å². The van der Waals surface area contributed by atoms with E-state index in [9.17, 15) is 14.7 Å². The maximum Gasteiger partial charge on any atom is 0.417 e. The molecule has 0 saturated heterocycles. The van der Waals surface area contributed by atoms with Gasteiger partial charge >= 0.3 is 12.1 Å². The Hall–Kier alpha value is -2.93. The van der Waals surface area contributed by atoms with Gasteiger partial charge in [0.25, 0.3) is 0 Å². The second-order valence-electron chi connectivity index (χ2n) is 5.39. The molecule has 1 heterocycles. The molecule has 0 saturated carbocycles. The minimum absolute atomic E-state index is 0.0629. The monoisotopic (exact) mass is 356 g/mol. The lowest BCUT2D eigenvalue weighted by atomic mass is 10.2. The molecule has 1 aromatic heterocycles. The van der Waals surface area contributed by atoms with Crippen LogP contribution in [0.15, 0.2) is 54.6 Å². The molecule has 3 aromatic rings. The van der Waals surface area contributed by atoms with Gasteiger partial charge in [0.05, 0.1) is 10.2 Å². The molecule has 0 fully saturated rings. The summed E-state index contributed by atoms with van der Waals surface area (Å²) in [6, 6.07) is 15.5. The molecule has 3 rings (SSSR count). The van der Waals surface area contributed by atoms with Crippen molar-refractivity contribution in [2.24, 2.45) is 0 Å². The van der Waals surface area contributed by atoms with Gasteiger partial charge in [-0.15, -0.1) is 0 Å². The number of carboxylic acids is 1. The molecule has 128 valence electrons. The number of aliphatic carboxylic acids is 1. The van der Waals surface area contributed by atoms with Crippen LogP contribution in [0.5, 0.6) is 0 Å². The summed E-state index contributed by atoms with van der Waals surface area (Å²) in [5, 5.41) is 9.65. The van der Waals surface area contributed by atoms with Crippen molar-refractivity contribution in [3.8, 4) is 0 Å². The van der Waals surface area contributed by atoms with Crippen LogP contribution in [0, 0.1) is 0 Å². The second kappa shape index (κ2) is 7.31. The van der Waals surface area contributed by atoms with Crippen LogP contribution in [0.3, 0.4) is 0 Å². The molecule has 1 unspecified atom stereocenters. The van der Waals surface area contributed by atoms with Gasteiger partial charge in [0, 0.05) is 0 Å². The van der Waals surface area contributed by atoms with Crippen molar-refractivity contribution >= 4 is 38.7 Å². The summed E-state index contributed by atoms with van der Waals surface area (Å²) in [5.74, 6) is -1.13. The van der Waals surface area contributed by atoms with E-state index in [-0.39, 0.29) is 6.61 Å². The molecular weight excluding hydrogens is 340 g/mol. The number of fused-ring (bicyclic) bond motifs is 1. The van der Waals surface area contributed by atoms with Gasteiger partial charge in [-0.3, -0.25) is 0 Å². The highest BCUT2D eigenvalue weighted by molar-refractivity contribution is 7.22. The third-order valence-corrected chi connectivity index (χ3v) is 4.67. The summed E-state index contributed by atoms with van der Waals surface area (Å²) in [7, 11) is 0. The molecule has 6 nitrogen and oxygen atoms in total. The first-order valence-corrected chi connectivity index (χ1v) is 8.46. The Morgan fingerprint density at radius 1 is 1.16 bits per heavy atom. The molecule has 25 heavy (non-hydrogen) atoms. The fourth-order valence-electron chi connectivity index (χ4n) is 2.26. The van der Waals surface area contributed by atoms with Crippen LogP contribution >= 0.6 is 11.3 Å². The highest BCUT2D eigenvalue weighted by atomic mass is 32.1. The summed E-state index contributed by atoms with van der Waals surface area (Å²) in [6.45, 7) is 1.49. The summed E-state index contributed by atoms with van der Waals surface area (Å²) in [6.07, 6.45) is -0.738. The fourth-order valence-corrected chi connectivity index (χ4v) is 3.30. The topological polar surface area (TPSA) is 79.7 Å². The molecule has 0 radical (unpaired) electrons. The predicted octanol–water partition coefficient (Wildman–Crippen LogP) is 3.91. The highest BCUT2D eigenvalue weighted by Crippen LogP contribution is 2.30. The van der Waals surface area contributed by atoms with Crippen molar-refractivity contribution in [3.05, 3.63) is 60.2 Å². The van der Waals surface area contributed by atoms with Gasteiger partial charge in [-0.25, -0.2) is 19.5 Å². The van der Waals surface area contributed by atoms with Crippen molar-refractivity contribution in [1.29, 1.82) is 0 Å². The van der Waals surface area contributed by atoms with Crippen LogP contribution in [0.1, 0.15) is 12.5 Å². The van der Waals surface area contributed by atoms with Crippen molar-refractivity contribution in [3.63, 3.8) is 0 Å². The van der Waals surface area contributed by atoms with E-state index >= 15 is 0 Å². The molecule has 1 amide bonds. The van der Waals surface area contributed by atoms with E-state index in [1.54, 1.807) is 0 Å². The van der Waals surface area contributed by atoms with Gasteiger partial charge in [-0.1, -0.05) is 53.8 Å². The van der Waals surface area contributed by atoms with Crippen LogP contribution in [0.25, 0.3) is 10.2 Å². The highest BCUT2D eigenvalue weighted by Gasteiger charge is 2.31. The molecule has 0 aliphatic heterocycles. The van der Waals surface area contributed by atoms with Gasteiger partial charge in [0.1, 0.15) is 12.6 Å². The Labute approximate surface area is 148 Å². The summed E-state index contributed by atoms with van der Waals surface area (Å²) in [5.41, 5.74) is 1.53. The predicted molar refractivity (Wildman–Crippen MR) is 95.8 cm³/mol. The molecule has 2 aromatic carbocycles. The van der Waals surface area contributed by atoms with Crippen LogP contribution in [0.2, 0.25) is 0 Å². The number of nitrogens with zero attached hydrogens (tertiary/aromatic N) is 2. The lowest BCUT2D eigenvalue weighted by Gasteiger charge is -2.23. The van der Waals surface area contributed by atoms with E-state index < -0.39 is 18.1 Å². The molecule has 0 aliphatic carbocycles. The Morgan fingerprint density at radius 3 is 2.52 bits per heavy atom. The van der Waals surface area contributed by atoms with Gasteiger partial charge in [0.2, 0.25) is 0 Å². The van der Waals surface area contributed by atoms with Gasteiger partial charge in [-0.2, -0.15) is 0 Å². The third-order valence-electron chi connectivity index (χ3n) is 3.64. The number of rotatable bonds is 5. The zero-order chi connectivity index (χ0) is 17.8. The number of para-hydroxylation sites is 1. The first-order chi connectivity index (χ1) is 12.1. The number of ether oxygens (including phenoxy) is 1. The van der Waals surface area contributed by atoms with E-state index in [1.807, 2.05) is 54.6 Å².